The Bertz CT molecular complexity index is 582. The van der Waals surface area contributed by atoms with Gasteiger partial charge < -0.3 is 9.64 Å². The van der Waals surface area contributed by atoms with Crippen molar-refractivity contribution in [1.29, 1.82) is 5.26 Å². The largest absolute Gasteiger partial charge is 0.494 e. The van der Waals surface area contributed by atoms with Gasteiger partial charge in [0.2, 0.25) is 0 Å². The maximum absolute atomic E-state index is 8.91. The lowest BCUT2D eigenvalue weighted by atomic mass is 10.1. The zero-order chi connectivity index (χ0) is 14.4. The van der Waals surface area contributed by atoms with Crippen LogP contribution < -0.4 is 4.74 Å². The predicted molar refractivity (Wildman–Crippen MR) is 75.2 cm³/mol. The van der Waals surface area contributed by atoms with Gasteiger partial charge in [0.05, 0.1) is 6.61 Å². The number of rotatable bonds is 6. The van der Waals surface area contributed by atoms with Gasteiger partial charge in [-0.25, -0.2) is 0 Å². The maximum Gasteiger partial charge on any atom is 0.190 e. The van der Waals surface area contributed by atoms with Crippen molar-refractivity contribution >= 4 is 0 Å². The number of hydrogen-bond donors (Lipinski definition) is 1. The first-order chi connectivity index (χ1) is 9.70. The third kappa shape index (κ3) is 3.56. The highest BCUT2D eigenvalue weighted by Gasteiger charge is 2.09. The molecule has 0 unspecified atom stereocenters. The van der Waals surface area contributed by atoms with Crippen molar-refractivity contribution in [2.45, 2.75) is 6.42 Å². The topological polar surface area (TPSA) is 77.8 Å². The lowest BCUT2D eigenvalue weighted by Crippen LogP contribution is -2.15. The van der Waals surface area contributed by atoms with Gasteiger partial charge in [-0.2, -0.15) is 15.6 Å². The smallest absolute Gasteiger partial charge is 0.190 e. The van der Waals surface area contributed by atoms with Crippen LogP contribution in [-0.2, 0) is 0 Å². The first kappa shape index (κ1) is 14.0. The number of nitriles is 1. The number of ether oxygens (including phenoxy) is 1. The van der Waals surface area contributed by atoms with Gasteiger partial charge in [-0.3, -0.25) is 0 Å². The Hall–Kier alpha value is -2.39. The van der Waals surface area contributed by atoms with Crippen LogP contribution in [-0.4, -0.2) is 47.6 Å². The summed E-state index contributed by atoms with van der Waals surface area (Å²) in [5.41, 5.74) is 1.70. The van der Waals surface area contributed by atoms with Crippen molar-refractivity contribution in [1.82, 2.24) is 20.3 Å². The summed E-state index contributed by atoms with van der Waals surface area (Å²) >= 11 is 0. The predicted octanol–water partition coefficient (Wildman–Crippen LogP) is 1.67. The molecular formula is C14H17N5O. The van der Waals surface area contributed by atoms with Gasteiger partial charge in [-0.1, -0.05) is 0 Å². The maximum atomic E-state index is 8.91. The highest BCUT2D eigenvalue weighted by molar-refractivity contribution is 5.64. The monoisotopic (exact) mass is 271 g/mol. The molecule has 0 spiro atoms. The first-order valence-corrected chi connectivity index (χ1v) is 6.39. The summed E-state index contributed by atoms with van der Waals surface area (Å²) in [7, 11) is 4.08. The third-order valence-corrected chi connectivity index (χ3v) is 2.80. The molecule has 2 rings (SSSR count). The molecule has 0 aliphatic rings. The number of nitrogens with zero attached hydrogens (tertiary/aromatic N) is 4. The Morgan fingerprint density at radius 1 is 1.25 bits per heavy atom. The summed E-state index contributed by atoms with van der Waals surface area (Å²) < 4.78 is 5.65. The molecule has 1 heterocycles. The van der Waals surface area contributed by atoms with Crippen LogP contribution in [0.2, 0.25) is 0 Å². The van der Waals surface area contributed by atoms with Gasteiger partial charge in [0.15, 0.2) is 5.69 Å². The van der Waals surface area contributed by atoms with Crippen LogP contribution in [0.15, 0.2) is 24.3 Å². The van der Waals surface area contributed by atoms with Crippen molar-refractivity contribution in [3.63, 3.8) is 0 Å². The minimum atomic E-state index is 0.296. The second-order valence-corrected chi connectivity index (χ2v) is 4.66. The van der Waals surface area contributed by atoms with E-state index in [1.807, 2.05) is 44.4 Å². The quantitative estimate of drug-likeness (QED) is 0.809. The van der Waals surface area contributed by atoms with Crippen LogP contribution in [0.5, 0.6) is 5.75 Å². The molecule has 1 aromatic heterocycles. The molecule has 0 saturated carbocycles. The highest BCUT2D eigenvalue weighted by Crippen LogP contribution is 2.22. The molecule has 2 aromatic rings. The molecule has 0 amide bonds. The number of H-pyrrole nitrogens is 1. The van der Waals surface area contributed by atoms with E-state index in [0.717, 1.165) is 24.3 Å². The fourth-order valence-corrected chi connectivity index (χ4v) is 1.79. The zero-order valence-electron chi connectivity index (χ0n) is 11.6. The standard InChI is InChI=1S/C14H17N5O/c1-19(2)8-3-9-20-12-6-4-11(5-7-12)14-13(10-15)16-18-17-14/h4-7H,3,8-9H2,1-2H3,(H,16,17,18). The summed E-state index contributed by atoms with van der Waals surface area (Å²) in [5, 5.41) is 19.1. The number of nitrogens with one attached hydrogen (secondary N) is 1. The van der Waals surface area contributed by atoms with Gasteiger partial charge >= 0.3 is 0 Å². The van der Waals surface area contributed by atoms with Crippen LogP contribution in [0.25, 0.3) is 11.3 Å². The molecule has 6 nitrogen and oxygen atoms in total. The van der Waals surface area contributed by atoms with Crippen LogP contribution in [0.4, 0.5) is 0 Å². The first-order valence-electron chi connectivity index (χ1n) is 6.39. The fraction of sp³-hybridized carbons (Fsp3) is 0.357. The zero-order valence-corrected chi connectivity index (χ0v) is 11.6. The summed E-state index contributed by atoms with van der Waals surface area (Å²) in [4.78, 5) is 2.13. The van der Waals surface area contributed by atoms with Crippen LogP contribution >= 0.6 is 0 Å². The third-order valence-electron chi connectivity index (χ3n) is 2.80. The average molecular weight is 271 g/mol. The normalized spacial score (nSPS) is 10.5. The van der Waals surface area contributed by atoms with E-state index in [0.29, 0.717) is 18.0 Å². The number of aromatic nitrogens is 3. The Morgan fingerprint density at radius 2 is 2.00 bits per heavy atom. The molecule has 1 aromatic carbocycles. The summed E-state index contributed by atoms with van der Waals surface area (Å²) in [6, 6.07) is 9.50. The van der Waals surface area contributed by atoms with Gasteiger partial charge in [-0.05, 0) is 44.8 Å². The average Bonchev–Trinajstić information content (AvgIpc) is 2.92. The van der Waals surface area contributed by atoms with Gasteiger partial charge in [0.1, 0.15) is 17.5 Å². The van der Waals surface area contributed by atoms with Crippen molar-refractivity contribution in [3.8, 4) is 23.1 Å². The van der Waals surface area contributed by atoms with Crippen LogP contribution in [0, 0.1) is 11.3 Å². The van der Waals surface area contributed by atoms with E-state index in [9.17, 15) is 0 Å². The lowest BCUT2D eigenvalue weighted by molar-refractivity contribution is 0.281. The number of hydrogen-bond acceptors (Lipinski definition) is 5. The van der Waals surface area contributed by atoms with Crippen LogP contribution in [0.1, 0.15) is 12.1 Å². The molecule has 20 heavy (non-hydrogen) atoms. The van der Waals surface area contributed by atoms with Crippen LogP contribution in [0.3, 0.4) is 0 Å². The van der Waals surface area contributed by atoms with Crippen molar-refractivity contribution in [2.24, 2.45) is 0 Å². The van der Waals surface area contributed by atoms with Gasteiger partial charge in [0.25, 0.3) is 0 Å². The highest BCUT2D eigenvalue weighted by atomic mass is 16.5. The minimum absolute atomic E-state index is 0.296. The minimum Gasteiger partial charge on any atom is -0.494 e. The van der Waals surface area contributed by atoms with E-state index in [4.69, 9.17) is 10.00 Å². The second kappa shape index (κ2) is 6.68. The molecule has 0 fully saturated rings. The van der Waals surface area contributed by atoms with Crippen molar-refractivity contribution < 1.29 is 4.74 Å². The molecule has 0 aliphatic heterocycles. The number of aromatic amines is 1. The van der Waals surface area contributed by atoms with Crippen molar-refractivity contribution in [3.05, 3.63) is 30.0 Å². The molecule has 0 saturated heterocycles. The lowest BCUT2D eigenvalue weighted by Gasteiger charge is -2.10. The van der Waals surface area contributed by atoms with E-state index in [-0.39, 0.29) is 0 Å². The van der Waals surface area contributed by atoms with E-state index in [1.165, 1.54) is 0 Å². The molecule has 0 atom stereocenters. The molecule has 6 heteroatoms. The van der Waals surface area contributed by atoms with E-state index < -0.39 is 0 Å². The van der Waals surface area contributed by atoms with Crippen molar-refractivity contribution in [2.75, 3.05) is 27.2 Å². The van der Waals surface area contributed by atoms with E-state index >= 15 is 0 Å². The molecular weight excluding hydrogens is 254 g/mol. The summed E-state index contributed by atoms with van der Waals surface area (Å²) in [6.07, 6.45) is 0.983. The fourth-order valence-electron chi connectivity index (χ4n) is 1.79. The van der Waals surface area contributed by atoms with E-state index in [1.54, 1.807) is 0 Å². The molecule has 0 bridgehead atoms. The Kier molecular flexibility index (Phi) is 4.69. The summed E-state index contributed by atoms with van der Waals surface area (Å²) in [5.74, 6) is 0.814. The number of benzene rings is 1. The molecule has 0 radical (unpaired) electrons. The Labute approximate surface area is 118 Å². The summed E-state index contributed by atoms with van der Waals surface area (Å²) in [6.45, 7) is 1.69. The molecule has 0 aliphatic carbocycles. The van der Waals surface area contributed by atoms with E-state index in [2.05, 4.69) is 20.3 Å². The second-order valence-electron chi connectivity index (χ2n) is 4.66. The SMILES string of the molecule is CN(C)CCCOc1ccc(-c2n[nH]nc2C#N)cc1. The Morgan fingerprint density at radius 3 is 2.65 bits per heavy atom. The Balaban J connectivity index is 1.95. The van der Waals surface area contributed by atoms with Gasteiger partial charge in [-0.15, -0.1) is 5.10 Å². The van der Waals surface area contributed by atoms with Gasteiger partial charge in [0, 0.05) is 12.1 Å². The molecule has 1 N–H and O–H groups in total. The molecule has 104 valence electrons.